The number of halogens is 1. The van der Waals surface area contributed by atoms with Crippen LogP contribution in [0, 0.1) is 5.82 Å². The van der Waals surface area contributed by atoms with E-state index in [2.05, 4.69) is 10.6 Å². The van der Waals surface area contributed by atoms with Gasteiger partial charge in [0.15, 0.2) is 11.6 Å². The highest BCUT2D eigenvalue weighted by molar-refractivity contribution is 5.89. The van der Waals surface area contributed by atoms with E-state index in [-0.39, 0.29) is 31.4 Å². The Balaban J connectivity index is 1.55. The van der Waals surface area contributed by atoms with Crippen molar-refractivity contribution in [3.8, 4) is 5.75 Å². The third-order valence-electron chi connectivity index (χ3n) is 5.04. The van der Waals surface area contributed by atoms with Crippen molar-refractivity contribution in [1.29, 1.82) is 0 Å². The number of anilines is 1. The van der Waals surface area contributed by atoms with Gasteiger partial charge in [-0.2, -0.15) is 0 Å². The molecule has 154 valence electrons. The van der Waals surface area contributed by atoms with Gasteiger partial charge in [0.05, 0.1) is 31.0 Å². The van der Waals surface area contributed by atoms with Crippen LogP contribution in [0.2, 0.25) is 0 Å². The Bertz CT molecular complexity index is 724. The van der Waals surface area contributed by atoms with Gasteiger partial charge in [-0.05, 0) is 38.1 Å². The van der Waals surface area contributed by atoms with E-state index in [0.29, 0.717) is 24.9 Å². The zero-order valence-corrected chi connectivity index (χ0v) is 15.9. The number of aliphatic hydroxyl groups is 1. The van der Waals surface area contributed by atoms with E-state index in [1.807, 2.05) is 0 Å². The van der Waals surface area contributed by atoms with E-state index in [1.54, 1.807) is 6.07 Å². The number of carbonyl (C=O) groups is 2. The molecule has 8 nitrogen and oxygen atoms in total. The van der Waals surface area contributed by atoms with Crippen molar-refractivity contribution in [2.24, 2.45) is 0 Å². The first-order valence-corrected chi connectivity index (χ1v) is 9.44. The normalized spacial score (nSPS) is 21.3. The van der Waals surface area contributed by atoms with Crippen LogP contribution in [0.4, 0.5) is 14.9 Å². The molecular formula is C19H26FN3O5. The quantitative estimate of drug-likeness (QED) is 0.641. The van der Waals surface area contributed by atoms with Gasteiger partial charge in [-0.15, -0.1) is 0 Å². The minimum atomic E-state index is -0.774. The molecule has 2 heterocycles. The number of hydrogen-bond donors (Lipinski definition) is 3. The summed E-state index contributed by atoms with van der Waals surface area (Å²) in [5.41, 5.74) is -0.415. The van der Waals surface area contributed by atoms with Gasteiger partial charge in [-0.1, -0.05) is 0 Å². The van der Waals surface area contributed by atoms with Crippen molar-refractivity contribution in [3.05, 3.63) is 24.0 Å². The topological polar surface area (TPSA) is 100 Å². The van der Waals surface area contributed by atoms with Crippen molar-refractivity contribution in [1.82, 2.24) is 10.6 Å². The van der Waals surface area contributed by atoms with Gasteiger partial charge < -0.3 is 25.2 Å². The molecule has 3 rings (SSSR count). The largest absolute Gasteiger partial charge is 0.490 e. The Hall–Kier alpha value is -2.39. The first-order chi connectivity index (χ1) is 13.4. The standard InChI is InChI=1S/C19H26FN3O5/c1-13(24)22-11-15-12-23(18(25)28-15)14-2-3-17(16(20)10-14)27-9-6-19(26)4-7-21-8-5-19/h2-3,10,15,21,26H,4-9,11-12H2,1H3,(H,22,24)/t15-/m1/s1. The average molecular weight is 395 g/mol. The molecule has 1 atom stereocenters. The lowest BCUT2D eigenvalue weighted by Crippen LogP contribution is -2.42. The van der Waals surface area contributed by atoms with Crippen LogP contribution in [0.1, 0.15) is 26.2 Å². The van der Waals surface area contributed by atoms with E-state index in [4.69, 9.17) is 9.47 Å². The van der Waals surface area contributed by atoms with E-state index < -0.39 is 23.6 Å². The van der Waals surface area contributed by atoms with Crippen LogP contribution in [-0.2, 0) is 9.53 Å². The molecule has 0 aromatic heterocycles. The Labute approximate surface area is 163 Å². The number of amides is 2. The second-order valence-corrected chi connectivity index (χ2v) is 7.24. The Morgan fingerprint density at radius 3 is 2.89 bits per heavy atom. The molecule has 2 fully saturated rings. The maximum absolute atomic E-state index is 14.4. The fourth-order valence-electron chi connectivity index (χ4n) is 3.36. The van der Waals surface area contributed by atoms with Crippen molar-refractivity contribution < 1.29 is 28.6 Å². The Morgan fingerprint density at radius 1 is 1.46 bits per heavy atom. The third kappa shape index (κ3) is 5.11. The van der Waals surface area contributed by atoms with Gasteiger partial charge in [0, 0.05) is 19.4 Å². The predicted molar refractivity (Wildman–Crippen MR) is 99.9 cm³/mol. The lowest BCUT2D eigenvalue weighted by Gasteiger charge is -2.32. The van der Waals surface area contributed by atoms with Crippen LogP contribution >= 0.6 is 0 Å². The number of carbonyl (C=O) groups excluding carboxylic acids is 2. The van der Waals surface area contributed by atoms with Gasteiger partial charge >= 0.3 is 6.09 Å². The molecular weight excluding hydrogens is 369 g/mol. The summed E-state index contributed by atoms with van der Waals surface area (Å²) in [5.74, 6) is -0.729. The van der Waals surface area contributed by atoms with Crippen LogP contribution in [0.25, 0.3) is 0 Å². The Kier molecular flexibility index (Phi) is 6.35. The summed E-state index contributed by atoms with van der Waals surface area (Å²) in [5, 5.41) is 16.2. The molecule has 1 aromatic rings. The molecule has 9 heteroatoms. The lowest BCUT2D eigenvalue weighted by atomic mass is 9.89. The van der Waals surface area contributed by atoms with Gasteiger partial charge in [0.2, 0.25) is 5.91 Å². The first-order valence-electron chi connectivity index (χ1n) is 9.44. The van der Waals surface area contributed by atoms with Crippen molar-refractivity contribution in [3.63, 3.8) is 0 Å². The highest BCUT2D eigenvalue weighted by Crippen LogP contribution is 2.28. The summed E-state index contributed by atoms with van der Waals surface area (Å²) in [4.78, 5) is 24.3. The molecule has 0 bridgehead atoms. The molecule has 0 saturated carbocycles. The number of nitrogens with zero attached hydrogens (tertiary/aromatic N) is 1. The second kappa shape index (κ2) is 8.74. The maximum atomic E-state index is 14.4. The number of ether oxygens (including phenoxy) is 2. The average Bonchev–Trinajstić information content (AvgIpc) is 3.02. The highest BCUT2D eigenvalue weighted by atomic mass is 19.1. The summed E-state index contributed by atoms with van der Waals surface area (Å²) in [6.07, 6.45) is 0.653. The SMILES string of the molecule is CC(=O)NC[C@@H]1CN(c2ccc(OCCC3(O)CCNCC3)c(F)c2)C(=O)O1. The molecule has 0 spiro atoms. The molecule has 0 radical (unpaired) electrons. The molecule has 2 aliphatic heterocycles. The molecule has 0 aliphatic carbocycles. The first kappa shape index (κ1) is 20.3. The molecule has 2 amide bonds. The van der Waals surface area contributed by atoms with Gasteiger partial charge in [-0.25, -0.2) is 9.18 Å². The van der Waals surface area contributed by atoms with Crippen LogP contribution in [0.15, 0.2) is 18.2 Å². The number of benzene rings is 1. The van der Waals surface area contributed by atoms with Gasteiger partial charge in [0.25, 0.3) is 0 Å². The number of nitrogens with one attached hydrogen (secondary N) is 2. The third-order valence-corrected chi connectivity index (χ3v) is 5.04. The zero-order chi connectivity index (χ0) is 20.1. The van der Waals surface area contributed by atoms with Crippen LogP contribution in [-0.4, -0.2) is 61.6 Å². The summed E-state index contributed by atoms with van der Waals surface area (Å²) < 4.78 is 25.1. The molecule has 2 saturated heterocycles. The highest BCUT2D eigenvalue weighted by Gasteiger charge is 2.33. The second-order valence-electron chi connectivity index (χ2n) is 7.24. The van der Waals surface area contributed by atoms with E-state index >= 15 is 0 Å². The minimum absolute atomic E-state index is 0.0728. The Morgan fingerprint density at radius 2 is 2.21 bits per heavy atom. The van der Waals surface area contributed by atoms with Crippen molar-refractivity contribution in [2.75, 3.05) is 37.7 Å². The summed E-state index contributed by atoms with van der Waals surface area (Å²) in [6.45, 7) is 3.53. The van der Waals surface area contributed by atoms with Crippen LogP contribution < -0.4 is 20.3 Å². The predicted octanol–water partition coefficient (Wildman–Crippen LogP) is 1.17. The molecule has 28 heavy (non-hydrogen) atoms. The monoisotopic (exact) mass is 395 g/mol. The van der Waals surface area contributed by atoms with Gasteiger partial charge in [-0.3, -0.25) is 9.69 Å². The fourth-order valence-corrected chi connectivity index (χ4v) is 3.36. The smallest absolute Gasteiger partial charge is 0.414 e. The summed E-state index contributed by atoms with van der Waals surface area (Å²) >= 11 is 0. The fraction of sp³-hybridized carbons (Fsp3) is 0.579. The number of piperidine rings is 1. The summed E-state index contributed by atoms with van der Waals surface area (Å²) in [7, 11) is 0. The minimum Gasteiger partial charge on any atom is -0.490 e. The van der Waals surface area contributed by atoms with E-state index in [1.165, 1.54) is 24.0 Å². The molecule has 3 N–H and O–H groups in total. The molecule has 2 aliphatic rings. The van der Waals surface area contributed by atoms with Crippen molar-refractivity contribution in [2.45, 2.75) is 37.9 Å². The van der Waals surface area contributed by atoms with E-state index in [0.717, 1.165) is 13.1 Å². The molecule has 1 aromatic carbocycles. The zero-order valence-electron chi connectivity index (χ0n) is 15.9. The number of cyclic esters (lactones) is 1. The van der Waals surface area contributed by atoms with Crippen LogP contribution in [0.5, 0.6) is 5.75 Å². The van der Waals surface area contributed by atoms with Crippen molar-refractivity contribution >= 4 is 17.7 Å². The lowest BCUT2D eigenvalue weighted by molar-refractivity contribution is -0.119. The van der Waals surface area contributed by atoms with E-state index in [9.17, 15) is 19.1 Å². The number of hydrogen-bond acceptors (Lipinski definition) is 6. The number of rotatable bonds is 7. The maximum Gasteiger partial charge on any atom is 0.414 e. The van der Waals surface area contributed by atoms with Gasteiger partial charge in [0.1, 0.15) is 6.10 Å². The summed E-state index contributed by atoms with van der Waals surface area (Å²) in [6, 6.07) is 4.27. The molecule has 0 unspecified atom stereocenters. The van der Waals surface area contributed by atoms with Crippen LogP contribution in [0.3, 0.4) is 0 Å².